The maximum atomic E-state index is 12.3. The van der Waals surface area contributed by atoms with Crippen LogP contribution >= 0.6 is 0 Å². The van der Waals surface area contributed by atoms with E-state index in [4.69, 9.17) is 13.9 Å². The van der Waals surface area contributed by atoms with Crippen LogP contribution < -0.4 is 0 Å². The molecule has 0 radical (unpaired) electrons. The number of hydrogen-bond donors (Lipinski definition) is 0. The van der Waals surface area contributed by atoms with E-state index in [1.165, 1.54) is 19.2 Å². The zero-order chi connectivity index (χ0) is 19.4. The Morgan fingerprint density at radius 1 is 0.808 bits per heavy atom. The first kappa shape index (κ1) is 19.0. The minimum absolute atomic E-state index is 0.00879. The van der Waals surface area contributed by atoms with E-state index in [0.717, 1.165) is 21.3 Å². The third-order valence-corrected chi connectivity index (χ3v) is 3.65. The molecule has 0 aliphatic rings. The summed E-state index contributed by atoms with van der Waals surface area (Å²) in [5, 5.41) is -0.00879. The molecule has 0 amide bonds. The van der Waals surface area contributed by atoms with Crippen LogP contribution in [-0.2, 0) is 30.2 Å². The smallest absolute Gasteiger partial charge is 0.342 e. The Bertz CT molecular complexity index is 891. The topological polar surface area (TPSA) is 118 Å². The monoisotopic (exact) mass is 364 g/mol. The second-order valence-corrected chi connectivity index (χ2v) is 4.99. The van der Waals surface area contributed by atoms with Gasteiger partial charge in [0.1, 0.15) is 23.3 Å². The van der Waals surface area contributed by atoms with Crippen molar-refractivity contribution < 1.29 is 42.5 Å². The highest BCUT2D eigenvalue weighted by Gasteiger charge is 2.31. The lowest BCUT2D eigenvalue weighted by atomic mass is 9.98. The fourth-order valence-corrected chi connectivity index (χ4v) is 2.48. The Labute approximate surface area is 147 Å². The van der Waals surface area contributed by atoms with Gasteiger partial charge in [-0.05, 0) is 12.1 Å². The number of carbonyl (C=O) groups is 4. The molecule has 0 atom stereocenters. The molecule has 1 heterocycles. The Balaban J connectivity index is 2.91. The quantitative estimate of drug-likeness (QED) is 0.574. The molecule has 138 valence electrons. The number of hydrogen-bond acceptors (Lipinski definition) is 9. The first-order valence-electron chi connectivity index (χ1n) is 7.29. The fourth-order valence-electron chi connectivity index (χ4n) is 2.48. The molecule has 0 bridgehead atoms. The fraction of sp³-hybridized carbons (Fsp3) is 0.294. The van der Waals surface area contributed by atoms with Crippen LogP contribution in [0.25, 0.3) is 11.0 Å². The molecule has 9 heteroatoms. The number of esters is 4. The van der Waals surface area contributed by atoms with E-state index in [2.05, 4.69) is 9.47 Å². The second kappa shape index (κ2) is 7.68. The van der Waals surface area contributed by atoms with E-state index in [9.17, 15) is 19.2 Å². The molecule has 2 rings (SSSR count). The second-order valence-electron chi connectivity index (χ2n) is 4.99. The average Bonchev–Trinajstić information content (AvgIpc) is 3.02. The Kier molecular flexibility index (Phi) is 5.61. The Morgan fingerprint density at radius 2 is 1.38 bits per heavy atom. The van der Waals surface area contributed by atoms with Crippen LogP contribution in [0, 0.1) is 0 Å². The van der Waals surface area contributed by atoms with Crippen molar-refractivity contribution in [1.82, 2.24) is 0 Å². The standard InChI is InChI=1S/C17H16O9/c1-22-11(18)7-10-14(17(21)25-4)13-9(26-10)6-5-8(15(19)23-2)12(13)16(20)24-3/h5-6H,7H2,1-4H3. The molecule has 0 aliphatic carbocycles. The van der Waals surface area contributed by atoms with Gasteiger partial charge in [0, 0.05) is 0 Å². The van der Waals surface area contributed by atoms with Crippen molar-refractivity contribution in [2.75, 3.05) is 28.4 Å². The summed E-state index contributed by atoms with van der Waals surface area (Å²) in [6.45, 7) is 0. The largest absolute Gasteiger partial charge is 0.469 e. The van der Waals surface area contributed by atoms with Gasteiger partial charge in [-0.3, -0.25) is 4.79 Å². The summed E-state index contributed by atoms with van der Waals surface area (Å²) in [5.74, 6) is -3.27. The molecule has 0 spiro atoms. The summed E-state index contributed by atoms with van der Waals surface area (Å²) in [7, 11) is 4.57. The van der Waals surface area contributed by atoms with Crippen LogP contribution in [0.15, 0.2) is 16.5 Å². The van der Waals surface area contributed by atoms with Crippen LogP contribution in [0.2, 0.25) is 0 Å². The molecule has 0 N–H and O–H groups in total. The molecule has 0 saturated carbocycles. The molecular formula is C17H16O9. The third kappa shape index (κ3) is 3.23. The van der Waals surface area contributed by atoms with E-state index in [1.54, 1.807) is 0 Å². The zero-order valence-corrected chi connectivity index (χ0v) is 14.5. The number of furan rings is 1. The molecule has 1 aromatic heterocycles. The number of carbonyl (C=O) groups excluding carboxylic acids is 4. The SMILES string of the molecule is COC(=O)Cc1oc2ccc(C(=O)OC)c(C(=O)OC)c2c1C(=O)OC. The van der Waals surface area contributed by atoms with Gasteiger partial charge in [0.05, 0.1) is 45.0 Å². The van der Waals surface area contributed by atoms with Gasteiger partial charge in [-0.2, -0.15) is 0 Å². The molecule has 0 aliphatic heterocycles. The van der Waals surface area contributed by atoms with Crippen molar-refractivity contribution in [1.29, 1.82) is 0 Å². The van der Waals surface area contributed by atoms with Crippen LogP contribution in [0.5, 0.6) is 0 Å². The summed E-state index contributed by atoms with van der Waals surface area (Å²) in [6, 6.07) is 2.67. The maximum absolute atomic E-state index is 12.3. The van der Waals surface area contributed by atoms with Gasteiger partial charge in [-0.15, -0.1) is 0 Å². The molecule has 1 aromatic carbocycles. The van der Waals surface area contributed by atoms with E-state index >= 15 is 0 Å². The molecule has 0 unspecified atom stereocenters. The number of methoxy groups -OCH3 is 4. The summed E-state index contributed by atoms with van der Waals surface area (Å²) in [5.41, 5.74) is -0.420. The lowest BCUT2D eigenvalue weighted by Gasteiger charge is -2.08. The van der Waals surface area contributed by atoms with Gasteiger partial charge in [-0.1, -0.05) is 0 Å². The van der Waals surface area contributed by atoms with Crippen molar-refractivity contribution in [3.8, 4) is 0 Å². The Hall–Kier alpha value is -3.36. The van der Waals surface area contributed by atoms with Crippen molar-refractivity contribution in [3.05, 3.63) is 34.6 Å². The lowest BCUT2D eigenvalue weighted by molar-refractivity contribution is -0.140. The van der Waals surface area contributed by atoms with E-state index < -0.39 is 23.9 Å². The highest BCUT2D eigenvalue weighted by atomic mass is 16.5. The maximum Gasteiger partial charge on any atom is 0.342 e. The Morgan fingerprint density at radius 3 is 1.92 bits per heavy atom. The van der Waals surface area contributed by atoms with Crippen LogP contribution in [-0.4, -0.2) is 52.3 Å². The summed E-state index contributed by atoms with van der Waals surface area (Å²) in [6.07, 6.45) is -0.371. The highest BCUT2D eigenvalue weighted by Crippen LogP contribution is 2.33. The van der Waals surface area contributed by atoms with E-state index in [-0.39, 0.29) is 39.8 Å². The highest BCUT2D eigenvalue weighted by molar-refractivity contribution is 6.18. The lowest BCUT2D eigenvalue weighted by Crippen LogP contribution is -2.14. The third-order valence-electron chi connectivity index (χ3n) is 3.65. The molecule has 26 heavy (non-hydrogen) atoms. The van der Waals surface area contributed by atoms with Crippen molar-refractivity contribution in [2.45, 2.75) is 6.42 Å². The summed E-state index contributed by atoms with van der Waals surface area (Å²) < 4.78 is 24.2. The molecular weight excluding hydrogens is 348 g/mol. The number of fused-ring (bicyclic) bond motifs is 1. The predicted octanol–water partition coefficient (Wildman–Crippen LogP) is 1.51. The molecule has 0 fully saturated rings. The summed E-state index contributed by atoms with van der Waals surface area (Å²) in [4.78, 5) is 48.2. The van der Waals surface area contributed by atoms with E-state index in [0.29, 0.717) is 0 Å². The van der Waals surface area contributed by atoms with Crippen molar-refractivity contribution in [3.63, 3.8) is 0 Å². The number of ether oxygens (including phenoxy) is 4. The zero-order valence-electron chi connectivity index (χ0n) is 14.5. The summed E-state index contributed by atoms with van der Waals surface area (Å²) >= 11 is 0. The van der Waals surface area contributed by atoms with Crippen LogP contribution in [0.4, 0.5) is 0 Å². The number of benzene rings is 1. The van der Waals surface area contributed by atoms with E-state index in [1.807, 2.05) is 0 Å². The van der Waals surface area contributed by atoms with Gasteiger partial charge in [0.15, 0.2) is 0 Å². The van der Waals surface area contributed by atoms with Crippen molar-refractivity contribution in [2.24, 2.45) is 0 Å². The molecule has 0 saturated heterocycles. The first-order valence-corrected chi connectivity index (χ1v) is 7.29. The van der Waals surface area contributed by atoms with Gasteiger partial charge in [-0.25, -0.2) is 14.4 Å². The van der Waals surface area contributed by atoms with Crippen LogP contribution in [0.3, 0.4) is 0 Å². The van der Waals surface area contributed by atoms with Gasteiger partial charge >= 0.3 is 23.9 Å². The van der Waals surface area contributed by atoms with Gasteiger partial charge in [0.25, 0.3) is 0 Å². The minimum atomic E-state index is -0.883. The van der Waals surface area contributed by atoms with Gasteiger partial charge in [0.2, 0.25) is 0 Å². The van der Waals surface area contributed by atoms with Crippen molar-refractivity contribution >= 4 is 34.8 Å². The average molecular weight is 364 g/mol. The minimum Gasteiger partial charge on any atom is -0.469 e. The molecule has 2 aromatic rings. The van der Waals surface area contributed by atoms with Crippen LogP contribution in [0.1, 0.15) is 36.8 Å². The predicted molar refractivity (Wildman–Crippen MR) is 86.0 cm³/mol. The molecule has 9 nitrogen and oxygen atoms in total. The van der Waals surface area contributed by atoms with Gasteiger partial charge < -0.3 is 23.4 Å². The number of rotatable bonds is 5. The first-order chi connectivity index (χ1) is 12.4. The normalized spacial score (nSPS) is 10.3.